The predicted octanol–water partition coefficient (Wildman–Crippen LogP) is 3.22. The topological polar surface area (TPSA) is 50.7 Å². The molecule has 0 aliphatic heterocycles. The summed E-state index contributed by atoms with van der Waals surface area (Å²) in [7, 11) is 0. The number of nitrogens with one attached hydrogen (secondary N) is 1. The maximum absolute atomic E-state index is 4.62. The van der Waals surface area contributed by atoms with E-state index >= 15 is 0 Å². The van der Waals surface area contributed by atoms with Gasteiger partial charge in [-0.25, -0.2) is 15.0 Å². The van der Waals surface area contributed by atoms with Crippen LogP contribution in [-0.2, 0) is 12.8 Å². The first-order chi connectivity index (χ1) is 9.21. The quantitative estimate of drug-likeness (QED) is 0.880. The summed E-state index contributed by atoms with van der Waals surface area (Å²) in [5.74, 6) is 1.77. The van der Waals surface area contributed by atoms with Crippen molar-refractivity contribution in [2.45, 2.75) is 40.0 Å². The SMILES string of the molecule is CCCc1cc(NCC)nc(Cc2csc(C)n2)n1. The Kier molecular flexibility index (Phi) is 4.85. The van der Waals surface area contributed by atoms with Crippen LogP contribution in [0.1, 0.15) is 42.5 Å². The van der Waals surface area contributed by atoms with E-state index in [4.69, 9.17) is 0 Å². The molecule has 0 aromatic carbocycles. The Morgan fingerprint density at radius 2 is 2.00 bits per heavy atom. The first-order valence-electron chi connectivity index (χ1n) is 6.73. The van der Waals surface area contributed by atoms with Crippen molar-refractivity contribution in [2.75, 3.05) is 11.9 Å². The van der Waals surface area contributed by atoms with Crippen molar-refractivity contribution >= 4 is 17.2 Å². The standard InChI is InChI=1S/C14H20N4S/c1-4-6-11-7-13(15-5-2)18-14(17-11)8-12-9-19-10(3)16-12/h7,9H,4-6,8H2,1-3H3,(H,15,17,18). The Bertz CT molecular complexity index is 512. The molecule has 0 radical (unpaired) electrons. The van der Waals surface area contributed by atoms with Gasteiger partial charge in [0.25, 0.3) is 0 Å². The molecular formula is C14H20N4S. The zero-order valence-electron chi connectivity index (χ0n) is 11.7. The number of anilines is 1. The number of rotatable bonds is 6. The van der Waals surface area contributed by atoms with E-state index in [1.165, 1.54) is 0 Å². The van der Waals surface area contributed by atoms with Gasteiger partial charge in [0.05, 0.1) is 17.1 Å². The Morgan fingerprint density at radius 1 is 1.16 bits per heavy atom. The van der Waals surface area contributed by atoms with Crippen molar-refractivity contribution < 1.29 is 0 Å². The highest BCUT2D eigenvalue weighted by Crippen LogP contribution is 2.14. The third kappa shape index (κ3) is 3.99. The molecular weight excluding hydrogens is 256 g/mol. The molecule has 2 aromatic heterocycles. The summed E-state index contributed by atoms with van der Waals surface area (Å²) in [6.07, 6.45) is 2.79. The normalized spacial score (nSPS) is 10.7. The van der Waals surface area contributed by atoms with Crippen LogP contribution < -0.4 is 5.32 Å². The van der Waals surface area contributed by atoms with E-state index in [0.29, 0.717) is 6.42 Å². The largest absolute Gasteiger partial charge is 0.370 e. The second-order valence-electron chi connectivity index (χ2n) is 4.48. The zero-order valence-corrected chi connectivity index (χ0v) is 12.5. The number of aryl methyl sites for hydroxylation is 2. The summed E-state index contributed by atoms with van der Waals surface area (Å²) in [6, 6.07) is 2.04. The van der Waals surface area contributed by atoms with Gasteiger partial charge in [-0.3, -0.25) is 0 Å². The van der Waals surface area contributed by atoms with Gasteiger partial charge in [0, 0.05) is 23.7 Å². The second kappa shape index (κ2) is 6.61. The molecule has 5 heteroatoms. The third-order valence-electron chi connectivity index (χ3n) is 2.70. The summed E-state index contributed by atoms with van der Waals surface area (Å²) in [4.78, 5) is 13.7. The van der Waals surface area contributed by atoms with Gasteiger partial charge < -0.3 is 5.32 Å². The Morgan fingerprint density at radius 3 is 2.63 bits per heavy atom. The number of hydrogen-bond acceptors (Lipinski definition) is 5. The molecule has 0 atom stereocenters. The van der Waals surface area contributed by atoms with Crippen LogP contribution in [0.15, 0.2) is 11.4 Å². The number of hydrogen-bond donors (Lipinski definition) is 1. The van der Waals surface area contributed by atoms with E-state index in [1.54, 1.807) is 11.3 Å². The smallest absolute Gasteiger partial charge is 0.136 e. The fourth-order valence-corrected chi connectivity index (χ4v) is 2.55. The lowest BCUT2D eigenvalue weighted by atomic mass is 10.2. The fourth-order valence-electron chi connectivity index (χ4n) is 1.94. The van der Waals surface area contributed by atoms with E-state index in [9.17, 15) is 0 Å². The zero-order chi connectivity index (χ0) is 13.7. The molecule has 4 nitrogen and oxygen atoms in total. The van der Waals surface area contributed by atoms with Gasteiger partial charge in [-0.05, 0) is 20.3 Å². The van der Waals surface area contributed by atoms with Crippen LogP contribution >= 0.6 is 11.3 Å². The molecule has 1 N–H and O–H groups in total. The highest BCUT2D eigenvalue weighted by Gasteiger charge is 2.07. The lowest BCUT2D eigenvalue weighted by Crippen LogP contribution is -2.07. The first-order valence-corrected chi connectivity index (χ1v) is 7.61. The Labute approximate surface area is 118 Å². The maximum Gasteiger partial charge on any atom is 0.136 e. The molecule has 0 unspecified atom stereocenters. The second-order valence-corrected chi connectivity index (χ2v) is 5.54. The molecule has 2 aromatic rings. The minimum atomic E-state index is 0.709. The fraction of sp³-hybridized carbons (Fsp3) is 0.500. The van der Waals surface area contributed by atoms with Crippen LogP contribution in [0.5, 0.6) is 0 Å². The summed E-state index contributed by atoms with van der Waals surface area (Å²) in [6.45, 7) is 7.13. The molecule has 102 valence electrons. The minimum Gasteiger partial charge on any atom is -0.370 e. The van der Waals surface area contributed by atoms with Crippen LogP contribution in [0.3, 0.4) is 0 Å². The lowest BCUT2D eigenvalue weighted by molar-refractivity contribution is 0.836. The van der Waals surface area contributed by atoms with E-state index in [1.807, 2.05) is 13.0 Å². The van der Waals surface area contributed by atoms with Crippen LogP contribution in [0.2, 0.25) is 0 Å². The third-order valence-corrected chi connectivity index (χ3v) is 3.52. The lowest BCUT2D eigenvalue weighted by Gasteiger charge is -2.07. The summed E-state index contributed by atoms with van der Waals surface area (Å²) >= 11 is 1.67. The van der Waals surface area contributed by atoms with Crippen LogP contribution in [-0.4, -0.2) is 21.5 Å². The van der Waals surface area contributed by atoms with Crippen molar-refractivity contribution in [2.24, 2.45) is 0 Å². The van der Waals surface area contributed by atoms with Gasteiger partial charge >= 0.3 is 0 Å². The molecule has 0 saturated carbocycles. The van der Waals surface area contributed by atoms with Gasteiger partial charge in [0.1, 0.15) is 11.6 Å². The summed E-state index contributed by atoms with van der Waals surface area (Å²) < 4.78 is 0. The van der Waals surface area contributed by atoms with E-state index in [2.05, 4.69) is 39.5 Å². The molecule has 2 heterocycles. The van der Waals surface area contributed by atoms with E-state index in [-0.39, 0.29) is 0 Å². The van der Waals surface area contributed by atoms with Gasteiger partial charge in [0.2, 0.25) is 0 Å². The van der Waals surface area contributed by atoms with E-state index in [0.717, 1.165) is 47.4 Å². The molecule has 0 amide bonds. The maximum atomic E-state index is 4.62. The van der Waals surface area contributed by atoms with Crippen molar-refractivity contribution in [1.29, 1.82) is 0 Å². The Hall–Kier alpha value is -1.49. The average Bonchev–Trinajstić information content (AvgIpc) is 2.75. The van der Waals surface area contributed by atoms with Crippen LogP contribution in [0.25, 0.3) is 0 Å². The molecule has 0 spiro atoms. The van der Waals surface area contributed by atoms with Gasteiger partial charge in [-0.15, -0.1) is 11.3 Å². The van der Waals surface area contributed by atoms with Crippen molar-refractivity contribution in [3.05, 3.63) is 33.7 Å². The van der Waals surface area contributed by atoms with Gasteiger partial charge in [-0.2, -0.15) is 0 Å². The molecule has 2 rings (SSSR count). The molecule has 0 fully saturated rings. The highest BCUT2D eigenvalue weighted by molar-refractivity contribution is 7.09. The monoisotopic (exact) mass is 276 g/mol. The number of aromatic nitrogens is 3. The minimum absolute atomic E-state index is 0.709. The molecule has 0 aliphatic carbocycles. The van der Waals surface area contributed by atoms with Crippen molar-refractivity contribution in [1.82, 2.24) is 15.0 Å². The predicted molar refractivity (Wildman–Crippen MR) is 79.8 cm³/mol. The van der Waals surface area contributed by atoms with Crippen molar-refractivity contribution in [3.63, 3.8) is 0 Å². The molecule has 19 heavy (non-hydrogen) atoms. The van der Waals surface area contributed by atoms with Crippen LogP contribution in [0.4, 0.5) is 5.82 Å². The first kappa shape index (κ1) is 13.9. The van der Waals surface area contributed by atoms with Crippen LogP contribution in [0, 0.1) is 6.92 Å². The van der Waals surface area contributed by atoms with Crippen molar-refractivity contribution in [3.8, 4) is 0 Å². The highest BCUT2D eigenvalue weighted by atomic mass is 32.1. The molecule has 0 bridgehead atoms. The number of thiazole rings is 1. The van der Waals surface area contributed by atoms with Gasteiger partial charge in [-0.1, -0.05) is 13.3 Å². The molecule has 0 aliphatic rings. The Balaban J connectivity index is 2.22. The summed E-state index contributed by atoms with van der Waals surface area (Å²) in [5, 5.41) is 6.44. The summed E-state index contributed by atoms with van der Waals surface area (Å²) in [5.41, 5.74) is 2.16. The molecule has 0 saturated heterocycles. The van der Waals surface area contributed by atoms with E-state index < -0.39 is 0 Å². The van der Waals surface area contributed by atoms with Gasteiger partial charge in [0.15, 0.2) is 0 Å². The number of nitrogens with zero attached hydrogens (tertiary/aromatic N) is 3. The average molecular weight is 276 g/mol.